The summed E-state index contributed by atoms with van der Waals surface area (Å²) in [5.41, 5.74) is 0.373. The molecule has 0 bridgehead atoms. The van der Waals surface area contributed by atoms with Crippen LogP contribution in [0.2, 0.25) is 0 Å². The van der Waals surface area contributed by atoms with Gasteiger partial charge in [-0.2, -0.15) is 5.26 Å². The quantitative estimate of drug-likeness (QED) is 0.402. The molecule has 3 heteroatoms. The van der Waals surface area contributed by atoms with E-state index >= 15 is 0 Å². The van der Waals surface area contributed by atoms with Gasteiger partial charge < -0.3 is 5.11 Å². The van der Waals surface area contributed by atoms with Gasteiger partial charge in [0.25, 0.3) is 0 Å². The molecule has 1 N–H and O–H groups in total. The summed E-state index contributed by atoms with van der Waals surface area (Å²) < 4.78 is 0. The molecule has 13 heavy (non-hydrogen) atoms. The summed E-state index contributed by atoms with van der Waals surface area (Å²) in [5.74, 6) is -1.04. The molecule has 0 aliphatic heterocycles. The summed E-state index contributed by atoms with van der Waals surface area (Å²) >= 11 is 0. The van der Waals surface area contributed by atoms with Gasteiger partial charge in [-0.05, 0) is 12.2 Å². The lowest BCUT2D eigenvalue weighted by atomic mass is 10.2. The van der Waals surface area contributed by atoms with E-state index in [4.69, 9.17) is 10.4 Å². The van der Waals surface area contributed by atoms with Crippen molar-refractivity contribution in [2.24, 2.45) is 0 Å². The van der Waals surface area contributed by atoms with Crippen LogP contribution in [-0.4, -0.2) is 11.1 Å². The fraction of sp³-hybridized carbons (Fsp3) is 0. The number of carbonyl (C=O) groups is 1. The van der Waals surface area contributed by atoms with E-state index in [1.54, 1.807) is 12.2 Å². The summed E-state index contributed by atoms with van der Waals surface area (Å²) in [4.78, 5) is 10.1. The molecule has 0 radical (unpaired) electrons. The van der Waals surface area contributed by atoms with Gasteiger partial charge in [-0.3, -0.25) is 0 Å². The van der Waals surface area contributed by atoms with Gasteiger partial charge in [-0.1, -0.05) is 24.8 Å². The lowest BCUT2D eigenvalue weighted by Gasteiger charge is -1.82. The maximum absolute atomic E-state index is 10.1. The molecule has 0 rings (SSSR count). The predicted molar refractivity (Wildman–Crippen MR) is 49.8 cm³/mol. The molecular weight excluding hydrogens is 166 g/mol. The number of aliphatic carboxylic acids is 1. The predicted octanol–water partition coefficient (Wildman–Crippen LogP) is 1.82. The summed E-state index contributed by atoms with van der Waals surface area (Å²) in [5, 5.41) is 16.8. The molecule has 0 saturated carbocycles. The number of carboxylic acid groups (broad SMARTS) is 1. The van der Waals surface area contributed by atoms with Crippen LogP contribution in [0.15, 0.2) is 48.6 Å². The minimum Gasteiger partial charge on any atom is -0.478 e. The molecule has 0 aliphatic rings. The Bertz CT molecular complexity index is 316. The molecular formula is C10H9NO2. The first kappa shape index (κ1) is 10.9. The van der Waals surface area contributed by atoms with Gasteiger partial charge in [0, 0.05) is 6.08 Å². The summed E-state index contributed by atoms with van der Waals surface area (Å²) in [6, 6.07) is 1.89. The van der Waals surface area contributed by atoms with E-state index < -0.39 is 5.97 Å². The number of nitrogens with zero attached hydrogens (tertiary/aromatic N) is 1. The van der Waals surface area contributed by atoms with E-state index in [-0.39, 0.29) is 0 Å². The van der Waals surface area contributed by atoms with Crippen molar-refractivity contribution in [2.75, 3.05) is 0 Å². The van der Waals surface area contributed by atoms with Crippen LogP contribution in [-0.2, 0) is 4.79 Å². The van der Waals surface area contributed by atoms with Gasteiger partial charge in [0.1, 0.15) is 0 Å². The zero-order valence-electron chi connectivity index (χ0n) is 6.97. The third-order valence-corrected chi connectivity index (χ3v) is 1.06. The van der Waals surface area contributed by atoms with Crippen molar-refractivity contribution < 1.29 is 9.90 Å². The zero-order chi connectivity index (χ0) is 10.1. The molecule has 0 amide bonds. The maximum Gasteiger partial charge on any atom is 0.328 e. The molecule has 0 aromatic carbocycles. The monoisotopic (exact) mass is 175 g/mol. The number of hydrogen-bond donors (Lipinski definition) is 1. The highest BCUT2D eigenvalue weighted by molar-refractivity contribution is 5.80. The highest BCUT2D eigenvalue weighted by atomic mass is 16.4. The van der Waals surface area contributed by atoms with Crippen molar-refractivity contribution in [3.05, 3.63) is 48.6 Å². The van der Waals surface area contributed by atoms with E-state index in [9.17, 15) is 4.79 Å². The van der Waals surface area contributed by atoms with Gasteiger partial charge in [-0.25, -0.2) is 4.79 Å². The minimum atomic E-state index is -1.04. The molecule has 66 valence electrons. The van der Waals surface area contributed by atoms with Crippen LogP contribution in [0, 0.1) is 11.3 Å². The van der Waals surface area contributed by atoms with E-state index in [1.807, 2.05) is 6.07 Å². The van der Waals surface area contributed by atoms with E-state index in [1.165, 1.54) is 18.2 Å². The average molecular weight is 175 g/mol. The largest absolute Gasteiger partial charge is 0.478 e. The van der Waals surface area contributed by atoms with E-state index in [2.05, 4.69) is 6.58 Å². The molecule has 0 spiro atoms. The Hall–Kier alpha value is -2.08. The highest BCUT2D eigenvalue weighted by Crippen LogP contribution is 1.95. The molecule has 0 aliphatic carbocycles. The minimum absolute atomic E-state index is 0.373. The topological polar surface area (TPSA) is 61.1 Å². The number of rotatable bonds is 4. The number of hydrogen-bond acceptors (Lipinski definition) is 2. The van der Waals surface area contributed by atoms with Gasteiger partial charge in [0.05, 0.1) is 11.6 Å². The zero-order valence-corrected chi connectivity index (χ0v) is 6.97. The van der Waals surface area contributed by atoms with Gasteiger partial charge in [0.2, 0.25) is 0 Å². The third kappa shape index (κ3) is 6.32. The summed E-state index contributed by atoms with van der Waals surface area (Å²) in [6.45, 7) is 3.44. The Labute approximate surface area is 76.6 Å². The first-order valence-electron chi connectivity index (χ1n) is 3.51. The molecule has 0 unspecified atom stereocenters. The molecule has 0 atom stereocenters. The maximum atomic E-state index is 10.1. The van der Waals surface area contributed by atoms with Crippen LogP contribution in [0.5, 0.6) is 0 Å². The van der Waals surface area contributed by atoms with Crippen LogP contribution in [0.3, 0.4) is 0 Å². The van der Waals surface area contributed by atoms with Crippen LogP contribution in [0.4, 0.5) is 0 Å². The molecule has 0 fully saturated rings. The van der Waals surface area contributed by atoms with Crippen molar-refractivity contribution in [2.45, 2.75) is 0 Å². The number of carboxylic acids is 1. The van der Waals surface area contributed by atoms with E-state index in [0.29, 0.717) is 5.57 Å². The first-order valence-corrected chi connectivity index (χ1v) is 3.51. The Morgan fingerprint density at radius 1 is 1.38 bits per heavy atom. The van der Waals surface area contributed by atoms with Crippen molar-refractivity contribution in [3.8, 4) is 6.07 Å². The van der Waals surface area contributed by atoms with Crippen molar-refractivity contribution >= 4 is 5.97 Å². The van der Waals surface area contributed by atoms with Gasteiger partial charge >= 0.3 is 5.97 Å². The highest BCUT2D eigenvalue weighted by Gasteiger charge is 1.85. The van der Waals surface area contributed by atoms with Crippen LogP contribution >= 0.6 is 0 Å². The second-order valence-electron chi connectivity index (χ2n) is 2.03. The molecule has 0 saturated heterocycles. The summed E-state index contributed by atoms with van der Waals surface area (Å²) in [6.07, 6.45) is 8.34. The third-order valence-electron chi connectivity index (χ3n) is 1.06. The molecule has 0 aromatic heterocycles. The Balaban J connectivity index is 4.42. The Kier molecular flexibility index (Phi) is 5.56. The standard InChI is InChI=1S/C10H9NO2/c1-2-3-5-9(8-11)6-4-7-10(12)13/h2-7H,1H2,(H,12,13). The first-order chi connectivity index (χ1) is 6.20. The second kappa shape index (κ2) is 6.62. The lowest BCUT2D eigenvalue weighted by Crippen LogP contribution is -1.84. The van der Waals surface area contributed by atoms with Crippen molar-refractivity contribution in [1.29, 1.82) is 5.26 Å². The van der Waals surface area contributed by atoms with E-state index in [0.717, 1.165) is 6.08 Å². The summed E-state index contributed by atoms with van der Waals surface area (Å²) in [7, 11) is 0. The molecule has 0 aromatic rings. The van der Waals surface area contributed by atoms with Crippen molar-refractivity contribution in [1.82, 2.24) is 0 Å². The van der Waals surface area contributed by atoms with Gasteiger partial charge in [0.15, 0.2) is 0 Å². The number of allylic oxidation sites excluding steroid dienone is 6. The molecule has 0 heterocycles. The SMILES string of the molecule is C=CC=CC(C#N)=CC=CC(=O)O. The van der Waals surface area contributed by atoms with Crippen LogP contribution in [0.1, 0.15) is 0 Å². The van der Waals surface area contributed by atoms with Crippen molar-refractivity contribution in [3.63, 3.8) is 0 Å². The fourth-order valence-corrected chi connectivity index (χ4v) is 0.536. The average Bonchev–Trinajstić information content (AvgIpc) is 2.10. The second-order valence-corrected chi connectivity index (χ2v) is 2.03. The molecule has 3 nitrogen and oxygen atoms in total. The Morgan fingerprint density at radius 2 is 2.08 bits per heavy atom. The number of nitriles is 1. The smallest absolute Gasteiger partial charge is 0.328 e. The normalized spacial score (nSPS) is 11.8. The fourth-order valence-electron chi connectivity index (χ4n) is 0.536. The van der Waals surface area contributed by atoms with Crippen LogP contribution < -0.4 is 0 Å². The Morgan fingerprint density at radius 3 is 2.54 bits per heavy atom. The lowest BCUT2D eigenvalue weighted by molar-refractivity contribution is -0.131. The van der Waals surface area contributed by atoms with Gasteiger partial charge in [-0.15, -0.1) is 0 Å². The van der Waals surface area contributed by atoms with Crippen LogP contribution in [0.25, 0.3) is 0 Å².